The summed E-state index contributed by atoms with van der Waals surface area (Å²) in [6.45, 7) is 2.97. The molecule has 0 aromatic heterocycles. The van der Waals surface area contributed by atoms with Gasteiger partial charge in [0.05, 0.1) is 5.56 Å². The molecule has 2 nitrogen and oxygen atoms in total. The second-order valence-electron chi connectivity index (χ2n) is 4.47. The van der Waals surface area contributed by atoms with Crippen LogP contribution in [-0.4, -0.2) is 10.4 Å². The van der Waals surface area contributed by atoms with Crippen molar-refractivity contribution in [2.24, 2.45) is 5.73 Å². The summed E-state index contributed by atoms with van der Waals surface area (Å²) < 4.78 is 2.16. The van der Waals surface area contributed by atoms with Gasteiger partial charge in [-0.05, 0) is 30.7 Å². The van der Waals surface area contributed by atoms with E-state index in [1.54, 1.807) is 0 Å². The summed E-state index contributed by atoms with van der Waals surface area (Å²) >= 11 is 0. The number of rotatable bonds is 1. The van der Waals surface area contributed by atoms with E-state index in [1.807, 2.05) is 6.07 Å². The molecule has 17 heavy (non-hydrogen) atoms. The predicted octanol–water partition coefficient (Wildman–Crippen LogP) is 2.56. The van der Waals surface area contributed by atoms with E-state index in [0.29, 0.717) is 0 Å². The zero-order chi connectivity index (χ0) is 11.8. The van der Waals surface area contributed by atoms with Gasteiger partial charge in [0.1, 0.15) is 12.2 Å². The minimum Gasteiger partial charge on any atom is -0.286 e. The lowest BCUT2D eigenvalue weighted by molar-refractivity contribution is -0.453. The van der Waals surface area contributed by atoms with E-state index < -0.39 is 0 Å². The maximum absolute atomic E-state index is 6.22. The number of amidine groups is 1. The largest absolute Gasteiger partial charge is 0.286 e. The van der Waals surface area contributed by atoms with E-state index in [9.17, 15) is 0 Å². The molecule has 3 rings (SSSR count). The smallest absolute Gasteiger partial charge is 0.280 e. The Labute approximate surface area is 101 Å². The van der Waals surface area contributed by atoms with Gasteiger partial charge in [-0.15, -0.1) is 0 Å². The van der Waals surface area contributed by atoms with Gasteiger partial charge in [-0.2, -0.15) is 0 Å². The van der Waals surface area contributed by atoms with Crippen LogP contribution in [0.25, 0.3) is 0 Å². The van der Waals surface area contributed by atoms with E-state index in [4.69, 9.17) is 5.73 Å². The number of fused-ring (bicyclic) bond motifs is 1. The van der Waals surface area contributed by atoms with E-state index >= 15 is 0 Å². The first kappa shape index (κ1) is 10.1. The molecule has 2 aromatic rings. The van der Waals surface area contributed by atoms with E-state index in [2.05, 4.69) is 54.0 Å². The van der Waals surface area contributed by atoms with Crippen molar-refractivity contribution < 1.29 is 4.58 Å². The van der Waals surface area contributed by atoms with Gasteiger partial charge in [0.15, 0.2) is 0 Å². The summed E-state index contributed by atoms with van der Waals surface area (Å²) in [5.74, 6) is 0.853. The first-order valence-electron chi connectivity index (χ1n) is 5.80. The first-order chi connectivity index (χ1) is 8.25. The predicted molar refractivity (Wildman–Crippen MR) is 69.5 cm³/mol. The number of benzene rings is 2. The standard InChI is InChI=1S/C15H14N2/c1-11-5-4-7-13(9-11)17-10-12-6-2-3-8-14(12)15(17)16/h2-9,16H,10H2,1H3/p+1. The fourth-order valence-corrected chi connectivity index (χ4v) is 2.34. The van der Waals surface area contributed by atoms with E-state index in [0.717, 1.165) is 17.9 Å². The molecular weight excluding hydrogens is 208 g/mol. The Bertz CT molecular complexity index is 612. The highest BCUT2D eigenvalue weighted by molar-refractivity contribution is 5.97. The minimum absolute atomic E-state index is 0.853. The van der Waals surface area contributed by atoms with Crippen molar-refractivity contribution in [2.75, 3.05) is 0 Å². The fourth-order valence-electron chi connectivity index (χ4n) is 2.34. The summed E-state index contributed by atoms with van der Waals surface area (Å²) in [6, 6.07) is 16.8. The Balaban J connectivity index is 2.11. The molecule has 1 aliphatic heterocycles. The van der Waals surface area contributed by atoms with Gasteiger partial charge in [-0.3, -0.25) is 5.73 Å². The number of hydrogen-bond acceptors (Lipinski definition) is 1. The molecule has 0 amide bonds. The van der Waals surface area contributed by atoms with Gasteiger partial charge in [0, 0.05) is 5.56 Å². The summed E-state index contributed by atoms with van der Waals surface area (Å²) in [6.07, 6.45) is 0. The van der Waals surface area contributed by atoms with Crippen molar-refractivity contribution in [2.45, 2.75) is 13.5 Å². The number of nitrogens with two attached hydrogens (primary N) is 1. The lowest BCUT2D eigenvalue weighted by atomic mass is 10.1. The molecule has 84 valence electrons. The van der Waals surface area contributed by atoms with Crippen LogP contribution in [-0.2, 0) is 6.54 Å². The summed E-state index contributed by atoms with van der Waals surface area (Å²) in [4.78, 5) is 0. The molecule has 2 aromatic carbocycles. The fraction of sp³-hybridized carbons (Fsp3) is 0.133. The Morgan fingerprint density at radius 2 is 1.88 bits per heavy atom. The Morgan fingerprint density at radius 1 is 1.06 bits per heavy atom. The molecule has 0 spiro atoms. The normalized spacial score (nSPS) is 13.9. The molecule has 2 heteroatoms. The third kappa shape index (κ3) is 1.62. The highest BCUT2D eigenvalue weighted by Gasteiger charge is 2.25. The molecule has 0 radical (unpaired) electrons. The van der Waals surface area contributed by atoms with Gasteiger partial charge >= 0.3 is 0 Å². The molecule has 0 atom stereocenters. The van der Waals surface area contributed by atoms with Crippen LogP contribution in [0.1, 0.15) is 16.7 Å². The van der Waals surface area contributed by atoms with Crippen molar-refractivity contribution in [3.8, 4) is 0 Å². The van der Waals surface area contributed by atoms with Gasteiger partial charge < -0.3 is 0 Å². The maximum atomic E-state index is 6.22. The first-order valence-corrected chi connectivity index (χ1v) is 5.80. The second kappa shape index (κ2) is 3.74. The number of nitrogens with zero attached hydrogens (tertiary/aromatic N) is 1. The van der Waals surface area contributed by atoms with Crippen LogP contribution in [0.4, 0.5) is 5.69 Å². The molecule has 2 N–H and O–H groups in total. The van der Waals surface area contributed by atoms with Gasteiger partial charge in [0.25, 0.3) is 5.84 Å². The quantitative estimate of drug-likeness (QED) is 0.740. The molecule has 0 saturated heterocycles. The van der Waals surface area contributed by atoms with Gasteiger partial charge in [-0.25, -0.2) is 4.58 Å². The number of aryl methyl sites for hydroxylation is 1. The van der Waals surface area contributed by atoms with Crippen LogP contribution in [0, 0.1) is 6.92 Å². The molecule has 1 heterocycles. The van der Waals surface area contributed by atoms with Crippen LogP contribution in [0.2, 0.25) is 0 Å². The Morgan fingerprint density at radius 3 is 2.65 bits per heavy atom. The van der Waals surface area contributed by atoms with Gasteiger partial charge in [-0.1, -0.05) is 30.3 Å². The van der Waals surface area contributed by atoms with Crippen molar-refractivity contribution in [3.63, 3.8) is 0 Å². The van der Waals surface area contributed by atoms with Crippen molar-refractivity contribution >= 4 is 11.5 Å². The minimum atomic E-state index is 0.853. The van der Waals surface area contributed by atoms with Gasteiger partial charge in [0.2, 0.25) is 0 Å². The molecule has 1 aliphatic rings. The van der Waals surface area contributed by atoms with Crippen LogP contribution < -0.4 is 5.73 Å². The zero-order valence-electron chi connectivity index (χ0n) is 9.85. The Hall–Kier alpha value is -2.09. The van der Waals surface area contributed by atoms with E-state index in [1.165, 1.54) is 16.8 Å². The van der Waals surface area contributed by atoms with Crippen LogP contribution in [0.15, 0.2) is 48.5 Å². The lowest BCUT2D eigenvalue weighted by Gasteiger charge is -2.03. The van der Waals surface area contributed by atoms with Crippen molar-refractivity contribution in [3.05, 3.63) is 65.2 Å². The highest BCUT2D eigenvalue weighted by Crippen LogP contribution is 2.23. The van der Waals surface area contributed by atoms with Crippen molar-refractivity contribution in [1.82, 2.24) is 0 Å². The maximum Gasteiger partial charge on any atom is 0.280 e. The Kier molecular flexibility index (Phi) is 2.22. The topological polar surface area (TPSA) is 29.0 Å². The van der Waals surface area contributed by atoms with E-state index in [-0.39, 0.29) is 0 Å². The molecule has 0 aliphatic carbocycles. The summed E-state index contributed by atoms with van der Waals surface area (Å²) in [7, 11) is 0. The monoisotopic (exact) mass is 223 g/mol. The third-order valence-electron chi connectivity index (χ3n) is 3.23. The third-order valence-corrected chi connectivity index (χ3v) is 3.23. The average Bonchev–Trinajstić information content (AvgIpc) is 2.68. The van der Waals surface area contributed by atoms with Crippen LogP contribution >= 0.6 is 0 Å². The molecule has 0 fully saturated rings. The van der Waals surface area contributed by atoms with Crippen molar-refractivity contribution in [1.29, 1.82) is 0 Å². The van der Waals surface area contributed by atoms with Crippen LogP contribution in [0.5, 0.6) is 0 Å². The SMILES string of the molecule is Cc1cccc([N+]2=C(N)c3ccccc3C2)c1. The second-order valence-corrected chi connectivity index (χ2v) is 4.47. The van der Waals surface area contributed by atoms with Crippen LogP contribution in [0.3, 0.4) is 0 Å². The number of hydrogen-bond donors (Lipinski definition) is 1. The molecule has 0 saturated carbocycles. The zero-order valence-corrected chi connectivity index (χ0v) is 9.85. The molecule has 0 unspecified atom stereocenters. The highest BCUT2D eigenvalue weighted by atomic mass is 15.1. The average molecular weight is 223 g/mol. The summed E-state index contributed by atoms with van der Waals surface area (Å²) in [5, 5.41) is 0. The lowest BCUT2D eigenvalue weighted by Crippen LogP contribution is -2.20. The molecular formula is C15H15N2+. The summed E-state index contributed by atoms with van der Waals surface area (Å²) in [5.41, 5.74) is 11.1. The molecule has 0 bridgehead atoms.